The van der Waals surface area contributed by atoms with Crippen molar-refractivity contribution in [3.63, 3.8) is 0 Å². The van der Waals surface area contributed by atoms with Gasteiger partial charge in [0.1, 0.15) is 24.4 Å². The van der Waals surface area contributed by atoms with Gasteiger partial charge in [-0.3, -0.25) is 0 Å². The van der Waals surface area contributed by atoms with Crippen molar-refractivity contribution in [2.75, 3.05) is 39.5 Å². The molecule has 5 atom stereocenters. The second-order valence-electron chi connectivity index (χ2n) is 5.70. The fraction of sp³-hybridized carbons (Fsp3) is 1.00. The number of hydrogen-bond donors (Lipinski definition) is 2. The number of β-amino-alcohol motifs (C(OH)–C–C–N with tert-alkyl or cyclic N) is 1. The Morgan fingerprint density at radius 3 is 2.68 bits per heavy atom. The second-order valence-corrected chi connectivity index (χ2v) is 5.70. The lowest BCUT2D eigenvalue weighted by Crippen LogP contribution is -2.37. The highest BCUT2D eigenvalue weighted by Gasteiger charge is 2.47. The van der Waals surface area contributed by atoms with Crippen molar-refractivity contribution in [1.29, 1.82) is 0 Å². The molecule has 0 spiro atoms. The highest BCUT2D eigenvalue weighted by Crippen LogP contribution is 2.28. The molecule has 0 amide bonds. The molecular weight excluding hydrogens is 250 g/mol. The molecule has 0 aliphatic carbocycles. The molecule has 0 saturated carbocycles. The zero-order valence-electron chi connectivity index (χ0n) is 11.1. The van der Waals surface area contributed by atoms with Crippen LogP contribution < -0.4 is 0 Å². The van der Waals surface area contributed by atoms with Gasteiger partial charge in [-0.2, -0.15) is 0 Å². The van der Waals surface area contributed by atoms with E-state index in [9.17, 15) is 10.2 Å². The Kier molecular flexibility index (Phi) is 4.36. The standard InChI is InChI=1S/C13H23NO5/c15-9(5-14-3-1-2-4-14)6-17-11-8-19-12-10(16)7-18-13(11)12/h9-13,15-16H,1-8H2/t9?,10-,11+,12-,13-/m1/s1. The van der Waals surface area contributed by atoms with Gasteiger partial charge in [-0.15, -0.1) is 0 Å². The van der Waals surface area contributed by atoms with Gasteiger partial charge in [-0.05, 0) is 25.9 Å². The topological polar surface area (TPSA) is 71.4 Å². The van der Waals surface area contributed by atoms with E-state index in [-0.39, 0.29) is 18.3 Å². The molecule has 3 aliphatic rings. The van der Waals surface area contributed by atoms with Crippen molar-refractivity contribution in [3.05, 3.63) is 0 Å². The quantitative estimate of drug-likeness (QED) is 0.668. The fourth-order valence-electron chi connectivity index (χ4n) is 3.14. The van der Waals surface area contributed by atoms with Crippen LogP contribution in [0.4, 0.5) is 0 Å². The molecule has 0 aromatic heterocycles. The van der Waals surface area contributed by atoms with E-state index in [1.54, 1.807) is 0 Å². The molecule has 110 valence electrons. The molecule has 3 heterocycles. The van der Waals surface area contributed by atoms with Crippen molar-refractivity contribution in [1.82, 2.24) is 4.90 Å². The zero-order valence-corrected chi connectivity index (χ0v) is 11.1. The predicted octanol–water partition coefficient (Wildman–Crippen LogP) is -1.01. The Bertz CT molecular complexity index is 297. The maximum Gasteiger partial charge on any atom is 0.115 e. The first-order valence-corrected chi connectivity index (χ1v) is 7.17. The summed E-state index contributed by atoms with van der Waals surface area (Å²) in [4.78, 5) is 2.26. The van der Waals surface area contributed by atoms with Gasteiger partial charge in [-0.1, -0.05) is 0 Å². The average molecular weight is 273 g/mol. The summed E-state index contributed by atoms with van der Waals surface area (Å²) in [6.45, 7) is 3.86. The number of aliphatic hydroxyl groups excluding tert-OH is 2. The maximum absolute atomic E-state index is 9.96. The van der Waals surface area contributed by atoms with Crippen LogP contribution in [-0.2, 0) is 14.2 Å². The molecule has 3 rings (SSSR count). The van der Waals surface area contributed by atoms with E-state index in [1.807, 2.05) is 0 Å². The van der Waals surface area contributed by atoms with Gasteiger partial charge in [0.2, 0.25) is 0 Å². The number of aliphatic hydroxyl groups is 2. The van der Waals surface area contributed by atoms with Gasteiger partial charge in [0.05, 0.1) is 25.9 Å². The molecular formula is C13H23NO5. The first-order valence-electron chi connectivity index (χ1n) is 7.17. The van der Waals surface area contributed by atoms with Crippen molar-refractivity contribution in [2.24, 2.45) is 0 Å². The molecule has 3 aliphatic heterocycles. The third-order valence-corrected chi connectivity index (χ3v) is 4.15. The zero-order chi connectivity index (χ0) is 13.2. The van der Waals surface area contributed by atoms with Crippen LogP contribution in [0.2, 0.25) is 0 Å². The first kappa shape index (κ1) is 13.7. The van der Waals surface area contributed by atoms with Crippen LogP contribution in [0, 0.1) is 0 Å². The summed E-state index contributed by atoms with van der Waals surface area (Å²) in [6, 6.07) is 0. The Morgan fingerprint density at radius 1 is 1.16 bits per heavy atom. The van der Waals surface area contributed by atoms with Gasteiger partial charge in [-0.25, -0.2) is 0 Å². The minimum Gasteiger partial charge on any atom is -0.389 e. The minimum absolute atomic E-state index is 0.171. The van der Waals surface area contributed by atoms with Crippen molar-refractivity contribution >= 4 is 0 Å². The summed E-state index contributed by atoms with van der Waals surface area (Å²) in [6.07, 6.45) is 0.806. The van der Waals surface area contributed by atoms with Crippen LogP contribution >= 0.6 is 0 Å². The Labute approximate surface area is 113 Å². The van der Waals surface area contributed by atoms with E-state index in [4.69, 9.17) is 14.2 Å². The Hall–Kier alpha value is -0.240. The van der Waals surface area contributed by atoms with Crippen LogP contribution in [-0.4, -0.2) is 85.1 Å². The Morgan fingerprint density at radius 2 is 1.89 bits per heavy atom. The minimum atomic E-state index is -0.548. The van der Waals surface area contributed by atoms with Gasteiger partial charge >= 0.3 is 0 Å². The smallest absolute Gasteiger partial charge is 0.115 e. The molecule has 6 heteroatoms. The van der Waals surface area contributed by atoms with Crippen LogP contribution in [0.1, 0.15) is 12.8 Å². The highest BCUT2D eigenvalue weighted by atomic mass is 16.6. The van der Waals surface area contributed by atoms with Crippen LogP contribution in [0.25, 0.3) is 0 Å². The summed E-state index contributed by atoms with van der Waals surface area (Å²) < 4.78 is 16.7. The lowest BCUT2D eigenvalue weighted by Gasteiger charge is -2.22. The lowest BCUT2D eigenvalue weighted by molar-refractivity contribution is -0.0666. The fourth-order valence-corrected chi connectivity index (χ4v) is 3.14. The third-order valence-electron chi connectivity index (χ3n) is 4.15. The molecule has 0 radical (unpaired) electrons. The summed E-state index contributed by atoms with van der Waals surface area (Å²) in [7, 11) is 0. The summed E-state index contributed by atoms with van der Waals surface area (Å²) >= 11 is 0. The summed E-state index contributed by atoms with van der Waals surface area (Å²) in [5.41, 5.74) is 0. The number of hydrogen-bond acceptors (Lipinski definition) is 6. The largest absolute Gasteiger partial charge is 0.389 e. The molecule has 0 bridgehead atoms. The van der Waals surface area contributed by atoms with Crippen molar-refractivity contribution in [3.8, 4) is 0 Å². The van der Waals surface area contributed by atoms with Gasteiger partial charge < -0.3 is 29.3 Å². The number of nitrogens with zero attached hydrogens (tertiary/aromatic N) is 1. The Balaban J connectivity index is 1.40. The molecule has 0 aromatic rings. The number of rotatable bonds is 5. The maximum atomic E-state index is 9.96. The van der Waals surface area contributed by atoms with Gasteiger partial charge in [0.15, 0.2) is 0 Å². The predicted molar refractivity (Wildman–Crippen MR) is 66.9 cm³/mol. The van der Waals surface area contributed by atoms with Crippen molar-refractivity contribution < 1.29 is 24.4 Å². The van der Waals surface area contributed by atoms with Gasteiger partial charge in [0.25, 0.3) is 0 Å². The molecule has 19 heavy (non-hydrogen) atoms. The molecule has 3 saturated heterocycles. The molecule has 6 nitrogen and oxygen atoms in total. The van der Waals surface area contributed by atoms with Crippen LogP contribution in [0.5, 0.6) is 0 Å². The van der Waals surface area contributed by atoms with E-state index in [2.05, 4.69) is 4.90 Å². The molecule has 3 fully saturated rings. The second kappa shape index (κ2) is 6.03. The number of likely N-dealkylation sites (tertiary alicyclic amines) is 1. The van der Waals surface area contributed by atoms with Crippen LogP contribution in [0.15, 0.2) is 0 Å². The average Bonchev–Trinajstić information content (AvgIpc) is 3.07. The SMILES string of the molecule is OC(CO[C@H]1CO[C@H]2[C@@H]1OC[C@H]2O)CN1CCCC1. The highest BCUT2D eigenvalue weighted by molar-refractivity contribution is 4.95. The van der Waals surface area contributed by atoms with Gasteiger partial charge in [0, 0.05) is 6.54 Å². The molecule has 2 N–H and O–H groups in total. The number of fused-ring (bicyclic) bond motifs is 1. The summed E-state index contributed by atoms with van der Waals surface area (Å²) in [5, 5.41) is 19.6. The number of ether oxygens (including phenoxy) is 3. The molecule has 0 aromatic carbocycles. The molecule has 1 unspecified atom stereocenters. The lowest BCUT2D eigenvalue weighted by atomic mass is 10.1. The van der Waals surface area contributed by atoms with Crippen LogP contribution in [0.3, 0.4) is 0 Å². The van der Waals surface area contributed by atoms with E-state index in [0.717, 1.165) is 13.1 Å². The normalized spacial score (nSPS) is 40.7. The van der Waals surface area contributed by atoms with Crippen molar-refractivity contribution in [2.45, 2.75) is 43.4 Å². The van der Waals surface area contributed by atoms with E-state index in [1.165, 1.54) is 12.8 Å². The van der Waals surface area contributed by atoms with E-state index in [0.29, 0.717) is 26.4 Å². The summed E-state index contributed by atoms with van der Waals surface area (Å²) in [5.74, 6) is 0. The van der Waals surface area contributed by atoms with E-state index < -0.39 is 12.2 Å². The van der Waals surface area contributed by atoms with E-state index >= 15 is 0 Å². The monoisotopic (exact) mass is 273 g/mol. The third kappa shape index (κ3) is 3.09. The first-order chi connectivity index (χ1) is 9.24.